The van der Waals surface area contributed by atoms with Crippen molar-refractivity contribution in [2.24, 2.45) is 0 Å². The number of fused-ring (bicyclic) bond motifs is 1. The highest BCUT2D eigenvalue weighted by atomic mass is 16.5. The number of hydrogen-bond acceptors (Lipinski definition) is 7. The summed E-state index contributed by atoms with van der Waals surface area (Å²) in [7, 11) is 5.46. The fraction of sp³-hybridized carbons (Fsp3) is 0.381. The van der Waals surface area contributed by atoms with Crippen LogP contribution in [0.5, 0.6) is 11.5 Å². The Bertz CT molecular complexity index is 1060. The quantitative estimate of drug-likeness (QED) is 0.658. The van der Waals surface area contributed by atoms with E-state index in [0.29, 0.717) is 11.2 Å². The van der Waals surface area contributed by atoms with Gasteiger partial charge in [-0.15, -0.1) is 0 Å². The fourth-order valence-electron chi connectivity index (χ4n) is 3.83. The zero-order valence-electron chi connectivity index (χ0n) is 16.9. The third kappa shape index (κ3) is 3.75. The lowest BCUT2D eigenvalue weighted by molar-refractivity contribution is 0.0901. The molecule has 2 aromatic heterocycles. The largest absolute Gasteiger partial charge is 0.493 e. The van der Waals surface area contributed by atoms with Crippen LogP contribution in [0.1, 0.15) is 22.7 Å². The average molecular weight is 392 g/mol. The summed E-state index contributed by atoms with van der Waals surface area (Å²) >= 11 is 0. The van der Waals surface area contributed by atoms with E-state index >= 15 is 0 Å². The Kier molecular flexibility index (Phi) is 5.34. The van der Waals surface area contributed by atoms with Gasteiger partial charge in [-0.1, -0.05) is 6.07 Å². The molecule has 1 fully saturated rings. The molecule has 1 unspecified atom stereocenters. The van der Waals surface area contributed by atoms with Crippen molar-refractivity contribution in [2.45, 2.75) is 12.6 Å². The summed E-state index contributed by atoms with van der Waals surface area (Å²) in [5.74, 6) is 1.49. The van der Waals surface area contributed by atoms with E-state index in [4.69, 9.17) is 14.7 Å². The van der Waals surface area contributed by atoms with Crippen LogP contribution < -0.4 is 9.47 Å². The summed E-state index contributed by atoms with van der Waals surface area (Å²) in [4.78, 5) is 9.20. The van der Waals surface area contributed by atoms with Gasteiger partial charge in [0.15, 0.2) is 17.1 Å². The molecular formula is C21H24N6O2. The lowest BCUT2D eigenvalue weighted by Crippen LogP contribution is -2.46. The minimum Gasteiger partial charge on any atom is -0.493 e. The molecular weight excluding hydrogens is 368 g/mol. The minimum atomic E-state index is 0.259. The normalized spacial score (nSPS) is 17.9. The molecule has 0 spiro atoms. The van der Waals surface area contributed by atoms with Gasteiger partial charge in [0, 0.05) is 50.2 Å². The maximum atomic E-state index is 9.11. The zero-order valence-corrected chi connectivity index (χ0v) is 16.9. The van der Waals surface area contributed by atoms with Gasteiger partial charge >= 0.3 is 0 Å². The summed E-state index contributed by atoms with van der Waals surface area (Å²) in [5, 5.41) is 13.3. The van der Waals surface area contributed by atoms with E-state index < -0.39 is 0 Å². The third-order valence-electron chi connectivity index (χ3n) is 5.46. The van der Waals surface area contributed by atoms with E-state index in [0.717, 1.165) is 43.2 Å². The predicted molar refractivity (Wildman–Crippen MR) is 108 cm³/mol. The number of benzene rings is 1. The first kappa shape index (κ1) is 19.2. The summed E-state index contributed by atoms with van der Waals surface area (Å²) < 4.78 is 12.5. The number of ether oxygens (including phenoxy) is 2. The molecule has 8 heteroatoms. The SMILES string of the molecule is COc1ccc(C2CN(Cc3cnc4c(C#N)cnn4c3)CCN2C)cc1OC. The van der Waals surface area contributed by atoms with Crippen LogP contribution in [0.15, 0.2) is 36.8 Å². The van der Waals surface area contributed by atoms with E-state index in [-0.39, 0.29) is 6.04 Å². The molecule has 3 aromatic rings. The molecule has 3 heterocycles. The van der Waals surface area contributed by atoms with Gasteiger partial charge in [0.25, 0.3) is 0 Å². The molecule has 150 valence electrons. The molecule has 1 aromatic carbocycles. The van der Waals surface area contributed by atoms with E-state index in [1.165, 1.54) is 5.56 Å². The second kappa shape index (κ2) is 8.07. The lowest BCUT2D eigenvalue weighted by atomic mass is 10.0. The van der Waals surface area contributed by atoms with E-state index in [9.17, 15) is 0 Å². The molecule has 0 radical (unpaired) electrons. The van der Waals surface area contributed by atoms with Crippen LogP contribution in [0.3, 0.4) is 0 Å². The molecule has 29 heavy (non-hydrogen) atoms. The Labute approximate surface area is 169 Å². The van der Waals surface area contributed by atoms with Crippen molar-refractivity contribution >= 4 is 5.65 Å². The second-order valence-electron chi connectivity index (χ2n) is 7.25. The lowest BCUT2D eigenvalue weighted by Gasteiger charge is -2.39. The highest BCUT2D eigenvalue weighted by Gasteiger charge is 2.26. The smallest absolute Gasteiger partial charge is 0.172 e. The van der Waals surface area contributed by atoms with Crippen LogP contribution in [0.4, 0.5) is 0 Å². The van der Waals surface area contributed by atoms with E-state index in [2.05, 4.69) is 45.1 Å². The number of methoxy groups -OCH3 is 2. The van der Waals surface area contributed by atoms with Gasteiger partial charge in [0.1, 0.15) is 11.6 Å². The van der Waals surface area contributed by atoms with Gasteiger partial charge in [-0.05, 0) is 24.7 Å². The molecule has 4 rings (SSSR count). The molecule has 1 aliphatic heterocycles. The topological polar surface area (TPSA) is 78.9 Å². The predicted octanol–water partition coefficient (Wildman–Crippen LogP) is 2.11. The van der Waals surface area contributed by atoms with Crippen LogP contribution >= 0.6 is 0 Å². The van der Waals surface area contributed by atoms with Crippen LogP contribution in [-0.2, 0) is 6.54 Å². The molecule has 0 amide bonds. The molecule has 1 saturated heterocycles. The summed E-state index contributed by atoms with van der Waals surface area (Å²) in [6, 6.07) is 8.50. The highest BCUT2D eigenvalue weighted by Crippen LogP contribution is 2.33. The number of hydrogen-bond donors (Lipinski definition) is 0. The van der Waals surface area contributed by atoms with Gasteiger partial charge in [0.05, 0.1) is 20.4 Å². The van der Waals surface area contributed by atoms with Crippen molar-refractivity contribution in [1.29, 1.82) is 5.26 Å². The molecule has 0 N–H and O–H groups in total. The van der Waals surface area contributed by atoms with Crippen LogP contribution in [-0.4, -0.2) is 65.3 Å². The second-order valence-corrected chi connectivity index (χ2v) is 7.25. The highest BCUT2D eigenvalue weighted by molar-refractivity contribution is 5.53. The average Bonchev–Trinajstić information content (AvgIpc) is 3.17. The first-order valence-corrected chi connectivity index (χ1v) is 9.50. The van der Waals surface area contributed by atoms with Gasteiger partial charge in [-0.25, -0.2) is 9.50 Å². The van der Waals surface area contributed by atoms with Crippen molar-refractivity contribution in [3.05, 3.63) is 53.5 Å². The number of rotatable bonds is 5. The maximum absolute atomic E-state index is 9.11. The number of piperazine rings is 1. The maximum Gasteiger partial charge on any atom is 0.172 e. The minimum absolute atomic E-state index is 0.259. The standard InChI is InChI=1S/C21H24N6O2/c1-25-6-7-26(12-15-10-23-21-17(9-22)11-24-27(21)13-15)14-18(25)16-4-5-19(28-2)20(8-16)29-3/h4-5,8,10-11,13,18H,6-7,12,14H2,1-3H3. The molecule has 1 aliphatic rings. The van der Waals surface area contributed by atoms with Gasteiger partial charge in [-0.2, -0.15) is 10.4 Å². The van der Waals surface area contributed by atoms with Gasteiger partial charge in [0.2, 0.25) is 0 Å². The van der Waals surface area contributed by atoms with Crippen LogP contribution in [0.25, 0.3) is 5.65 Å². The Hall–Kier alpha value is -3.15. The summed E-state index contributed by atoms with van der Waals surface area (Å²) in [5.41, 5.74) is 3.36. The number of likely N-dealkylation sites (N-methyl/N-ethyl adjacent to an activating group) is 1. The van der Waals surface area contributed by atoms with E-state index in [1.54, 1.807) is 24.9 Å². The number of aromatic nitrogens is 3. The molecule has 0 saturated carbocycles. The monoisotopic (exact) mass is 392 g/mol. The van der Waals surface area contributed by atoms with Crippen LogP contribution in [0, 0.1) is 11.3 Å². The third-order valence-corrected chi connectivity index (χ3v) is 5.46. The van der Waals surface area contributed by atoms with Crippen molar-refractivity contribution < 1.29 is 9.47 Å². The van der Waals surface area contributed by atoms with Gasteiger partial charge < -0.3 is 9.47 Å². The van der Waals surface area contributed by atoms with E-state index in [1.807, 2.05) is 18.5 Å². The molecule has 0 bridgehead atoms. The Morgan fingerprint density at radius 2 is 2.00 bits per heavy atom. The zero-order chi connectivity index (χ0) is 20.4. The first-order chi connectivity index (χ1) is 14.1. The molecule has 1 atom stereocenters. The fourth-order valence-corrected chi connectivity index (χ4v) is 3.83. The van der Waals surface area contributed by atoms with Crippen molar-refractivity contribution in [3.8, 4) is 17.6 Å². The molecule has 0 aliphatic carbocycles. The van der Waals surface area contributed by atoms with Crippen molar-refractivity contribution in [2.75, 3.05) is 40.9 Å². The number of nitrogens with zero attached hydrogens (tertiary/aromatic N) is 6. The number of nitriles is 1. The summed E-state index contributed by atoms with van der Waals surface area (Å²) in [6.07, 6.45) is 5.34. The first-order valence-electron chi connectivity index (χ1n) is 9.50. The Morgan fingerprint density at radius 1 is 1.17 bits per heavy atom. The Morgan fingerprint density at radius 3 is 2.76 bits per heavy atom. The van der Waals surface area contributed by atoms with Crippen molar-refractivity contribution in [3.63, 3.8) is 0 Å². The van der Waals surface area contributed by atoms with Crippen LogP contribution in [0.2, 0.25) is 0 Å². The summed E-state index contributed by atoms with van der Waals surface area (Å²) in [6.45, 7) is 3.62. The van der Waals surface area contributed by atoms with Gasteiger partial charge in [-0.3, -0.25) is 9.80 Å². The Balaban J connectivity index is 1.52. The molecule has 8 nitrogen and oxygen atoms in total. The van der Waals surface area contributed by atoms with Crippen molar-refractivity contribution in [1.82, 2.24) is 24.4 Å².